The second-order valence-corrected chi connectivity index (χ2v) is 6.41. The maximum Gasteiger partial charge on any atom is 0.255 e. The molecule has 0 heterocycles. The average molecular weight is 391 g/mol. The fourth-order valence-corrected chi connectivity index (χ4v) is 2.57. The number of amides is 2. The Morgan fingerprint density at radius 2 is 1.56 bits per heavy atom. The number of benzene rings is 2. The summed E-state index contributed by atoms with van der Waals surface area (Å²) in [6.07, 6.45) is 0.846. The Morgan fingerprint density at radius 1 is 1.00 bits per heavy atom. The normalized spacial score (nSPS) is 11.4. The first kappa shape index (κ1) is 20.6. The van der Waals surface area contributed by atoms with Gasteiger partial charge < -0.3 is 20.1 Å². The van der Waals surface area contributed by atoms with Crippen LogP contribution in [0, 0.1) is 0 Å². The zero-order valence-corrected chi connectivity index (χ0v) is 16.5. The maximum absolute atomic E-state index is 12.5. The summed E-state index contributed by atoms with van der Waals surface area (Å²) in [5.41, 5.74) is 1.34. The van der Waals surface area contributed by atoms with Gasteiger partial charge in [0.1, 0.15) is 11.5 Å². The molecule has 0 saturated heterocycles. The molecular weight excluding hydrogens is 368 g/mol. The second-order valence-electron chi connectivity index (χ2n) is 6.00. The quantitative estimate of drug-likeness (QED) is 0.745. The van der Waals surface area contributed by atoms with E-state index in [4.69, 9.17) is 21.1 Å². The molecule has 2 amide bonds. The maximum atomic E-state index is 12.5. The molecule has 6 nitrogen and oxygen atoms in total. The monoisotopic (exact) mass is 390 g/mol. The Hall–Kier alpha value is -2.73. The SMILES string of the molecule is CCC(C)NC(=O)c1ccc(C(=O)Nc2cc(OC)c(Cl)cc2OC)cc1. The Balaban J connectivity index is 2.16. The van der Waals surface area contributed by atoms with Gasteiger partial charge >= 0.3 is 0 Å². The highest BCUT2D eigenvalue weighted by Crippen LogP contribution is 2.36. The highest BCUT2D eigenvalue weighted by atomic mass is 35.5. The molecule has 2 rings (SSSR count). The van der Waals surface area contributed by atoms with E-state index in [0.29, 0.717) is 33.3 Å². The van der Waals surface area contributed by atoms with Gasteiger partial charge in [-0.15, -0.1) is 0 Å². The molecule has 0 spiro atoms. The molecule has 0 aliphatic rings. The Morgan fingerprint density at radius 3 is 2.07 bits per heavy atom. The molecule has 0 saturated carbocycles. The first-order valence-corrected chi connectivity index (χ1v) is 8.91. The van der Waals surface area contributed by atoms with Gasteiger partial charge in [-0.05, 0) is 37.6 Å². The van der Waals surface area contributed by atoms with Crippen LogP contribution in [0.3, 0.4) is 0 Å². The summed E-state index contributed by atoms with van der Waals surface area (Å²) >= 11 is 6.07. The van der Waals surface area contributed by atoms with Gasteiger partial charge in [-0.25, -0.2) is 0 Å². The average Bonchev–Trinajstić information content (AvgIpc) is 2.68. The molecule has 1 atom stereocenters. The van der Waals surface area contributed by atoms with Crippen LogP contribution in [-0.2, 0) is 0 Å². The van der Waals surface area contributed by atoms with Crippen molar-refractivity contribution in [3.05, 3.63) is 52.5 Å². The molecule has 0 fully saturated rings. The van der Waals surface area contributed by atoms with Gasteiger partial charge in [-0.3, -0.25) is 9.59 Å². The molecule has 0 aromatic heterocycles. The van der Waals surface area contributed by atoms with Crippen LogP contribution in [0.1, 0.15) is 41.0 Å². The number of carbonyl (C=O) groups is 2. The number of carbonyl (C=O) groups excluding carboxylic acids is 2. The molecule has 2 N–H and O–H groups in total. The van der Waals surface area contributed by atoms with E-state index in [-0.39, 0.29) is 17.9 Å². The minimum atomic E-state index is -0.341. The van der Waals surface area contributed by atoms with E-state index in [9.17, 15) is 9.59 Å². The summed E-state index contributed by atoms with van der Waals surface area (Å²) in [6.45, 7) is 3.94. The molecule has 0 radical (unpaired) electrons. The van der Waals surface area contributed by atoms with Crippen molar-refractivity contribution in [2.45, 2.75) is 26.3 Å². The molecule has 7 heteroatoms. The smallest absolute Gasteiger partial charge is 0.255 e. The van der Waals surface area contributed by atoms with Crippen LogP contribution in [0.4, 0.5) is 5.69 Å². The molecule has 1 unspecified atom stereocenters. The molecule has 27 heavy (non-hydrogen) atoms. The Kier molecular flexibility index (Phi) is 7.07. The number of ether oxygens (including phenoxy) is 2. The summed E-state index contributed by atoms with van der Waals surface area (Å²) < 4.78 is 10.4. The fourth-order valence-electron chi connectivity index (χ4n) is 2.33. The molecule has 0 bridgehead atoms. The summed E-state index contributed by atoms with van der Waals surface area (Å²) in [5, 5.41) is 6.03. The van der Waals surface area contributed by atoms with Crippen LogP contribution < -0.4 is 20.1 Å². The van der Waals surface area contributed by atoms with Gasteiger partial charge in [0.2, 0.25) is 0 Å². The molecular formula is C20H23ClN2O4. The number of rotatable bonds is 7. The number of hydrogen-bond donors (Lipinski definition) is 2. The standard InChI is InChI=1S/C20H23ClN2O4/c1-5-12(2)22-19(24)13-6-8-14(9-7-13)20(25)23-16-11-17(26-3)15(21)10-18(16)27-4/h6-12H,5H2,1-4H3,(H,22,24)(H,23,25). The van der Waals surface area contributed by atoms with E-state index >= 15 is 0 Å². The lowest BCUT2D eigenvalue weighted by Crippen LogP contribution is -2.31. The van der Waals surface area contributed by atoms with Gasteiger partial charge in [-0.1, -0.05) is 18.5 Å². The predicted octanol–water partition coefficient (Wildman–Crippen LogP) is 4.14. The van der Waals surface area contributed by atoms with Crippen molar-refractivity contribution in [3.8, 4) is 11.5 Å². The fraction of sp³-hybridized carbons (Fsp3) is 0.300. The number of methoxy groups -OCH3 is 2. The highest BCUT2D eigenvalue weighted by molar-refractivity contribution is 6.32. The van der Waals surface area contributed by atoms with Crippen molar-refractivity contribution < 1.29 is 19.1 Å². The van der Waals surface area contributed by atoms with E-state index < -0.39 is 0 Å². The topological polar surface area (TPSA) is 76.7 Å². The first-order chi connectivity index (χ1) is 12.9. The van der Waals surface area contributed by atoms with Crippen molar-refractivity contribution in [2.75, 3.05) is 19.5 Å². The first-order valence-electron chi connectivity index (χ1n) is 8.53. The van der Waals surface area contributed by atoms with Crippen molar-refractivity contribution >= 4 is 29.1 Å². The summed E-state index contributed by atoms with van der Waals surface area (Å²) in [4.78, 5) is 24.6. The number of hydrogen-bond acceptors (Lipinski definition) is 4. The van der Waals surface area contributed by atoms with Gasteiger partial charge in [0.05, 0.1) is 24.9 Å². The Labute approximate surface area is 163 Å². The van der Waals surface area contributed by atoms with Gasteiger partial charge in [-0.2, -0.15) is 0 Å². The third kappa shape index (κ3) is 5.14. The second kappa shape index (κ2) is 9.28. The van der Waals surface area contributed by atoms with Crippen molar-refractivity contribution in [1.82, 2.24) is 5.32 Å². The number of halogens is 1. The number of anilines is 1. The third-order valence-corrected chi connectivity index (χ3v) is 4.42. The summed E-state index contributed by atoms with van der Waals surface area (Å²) in [5.74, 6) is 0.329. The highest BCUT2D eigenvalue weighted by Gasteiger charge is 2.15. The van der Waals surface area contributed by atoms with Crippen molar-refractivity contribution in [1.29, 1.82) is 0 Å². The summed E-state index contributed by atoms with van der Waals surface area (Å²) in [6, 6.07) is 9.68. The molecule has 144 valence electrons. The van der Waals surface area contributed by atoms with Crippen LogP contribution in [0.5, 0.6) is 11.5 Å². The number of nitrogens with one attached hydrogen (secondary N) is 2. The largest absolute Gasteiger partial charge is 0.495 e. The minimum Gasteiger partial charge on any atom is -0.495 e. The van der Waals surface area contributed by atoms with Crippen LogP contribution in [0.25, 0.3) is 0 Å². The van der Waals surface area contributed by atoms with Crippen LogP contribution in [0.2, 0.25) is 5.02 Å². The van der Waals surface area contributed by atoms with E-state index in [1.807, 2.05) is 13.8 Å². The van der Waals surface area contributed by atoms with Crippen LogP contribution >= 0.6 is 11.6 Å². The molecule has 0 aliphatic carbocycles. The van der Waals surface area contributed by atoms with Crippen molar-refractivity contribution in [2.24, 2.45) is 0 Å². The lowest BCUT2D eigenvalue weighted by molar-refractivity contribution is 0.0937. The minimum absolute atomic E-state index is 0.0906. The lowest BCUT2D eigenvalue weighted by atomic mass is 10.1. The molecule has 0 aliphatic heterocycles. The molecule has 2 aromatic carbocycles. The van der Waals surface area contributed by atoms with Gasteiger partial charge in [0, 0.05) is 29.3 Å². The van der Waals surface area contributed by atoms with E-state index in [1.165, 1.54) is 14.2 Å². The zero-order chi connectivity index (χ0) is 20.0. The molecule has 2 aromatic rings. The predicted molar refractivity (Wildman–Crippen MR) is 106 cm³/mol. The van der Waals surface area contributed by atoms with Crippen LogP contribution in [-0.4, -0.2) is 32.1 Å². The third-order valence-electron chi connectivity index (χ3n) is 4.12. The lowest BCUT2D eigenvalue weighted by Gasteiger charge is -2.14. The van der Waals surface area contributed by atoms with Gasteiger partial charge in [0.25, 0.3) is 11.8 Å². The van der Waals surface area contributed by atoms with Crippen LogP contribution in [0.15, 0.2) is 36.4 Å². The van der Waals surface area contributed by atoms with E-state index in [0.717, 1.165) is 6.42 Å². The van der Waals surface area contributed by atoms with E-state index in [1.54, 1.807) is 36.4 Å². The van der Waals surface area contributed by atoms with Crippen molar-refractivity contribution in [3.63, 3.8) is 0 Å². The van der Waals surface area contributed by atoms with E-state index in [2.05, 4.69) is 10.6 Å². The summed E-state index contributed by atoms with van der Waals surface area (Å²) in [7, 11) is 2.97. The Bertz CT molecular complexity index is 821. The van der Waals surface area contributed by atoms with Gasteiger partial charge in [0.15, 0.2) is 0 Å². The zero-order valence-electron chi connectivity index (χ0n) is 15.8.